The Bertz CT molecular complexity index is 818. The van der Waals surface area contributed by atoms with Gasteiger partial charge in [0.25, 0.3) is 0 Å². The molecular weight excluding hydrogens is 318 g/mol. The highest BCUT2D eigenvalue weighted by Crippen LogP contribution is 2.16. The summed E-state index contributed by atoms with van der Waals surface area (Å²) in [7, 11) is 0. The highest BCUT2D eigenvalue weighted by molar-refractivity contribution is 5.99. The number of ketones is 1. The summed E-state index contributed by atoms with van der Waals surface area (Å²) in [4.78, 5) is 34.2. The average Bonchev–Trinajstić information content (AvgIpc) is 2.61. The fourth-order valence-electron chi connectivity index (χ4n) is 1.91. The van der Waals surface area contributed by atoms with Gasteiger partial charge >= 0.3 is 5.97 Å². The molecule has 0 bridgehead atoms. The van der Waals surface area contributed by atoms with Gasteiger partial charge in [-0.25, -0.2) is 4.79 Å². The van der Waals surface area contributed by atoms with E-state index >= 15 is 0 Å². The predicted molar refractivity (Wildman–Crippen MR) is 96.4 cm³/mol. The van der Waals surface area contributed by atoms with Crippen LogP contribution in [0.4, 0.5) is 5.69 Å². The number of anilines is 1. The summed E-state index contributed by atoms with van der Waals surface area (Å²) in [6.45, 7) is 4.84. The molecule has 5 nitrogen and oxygen atoms in total. The summed E-state index contributed by atoms with van der Waals surface area (Å²) in [5, 5.41) is 2.59. The van der Waals surface area contributed by atoms with E-state index in [0.29, 0.717) is 17.0 Å². The maximum atomic E-state index is 12.1. The first-order chi connectivity index (χ1) is 12.0. The van der Waals surface area contributed by atoms with Crippen LogP contribution in [-0.2, 0) is 9.59 Å². The third kappa shape index (κ3) is 5.58. The summed E-state index contributed by atoms with van der Waals surface area (Å²) in [5.41, 5.74) is 1.75. The van der Waals surface area contributed by atoms with E-state index in [1.807, 2.05) is 0 Å². The molecule has 126 valence electrons. The van der Waals surface area contributed by atoms with E-state index in [1.54, 1.807) is 54.6 Å². The van der Waals surface area contributed by atoms with Gasteiger partial charge in [0.05, 0.1) is 5.56 Å². The van der Waals surface area contributed by atoms with Crippen LogP contribution in [0.3, 0.4) is 0 Å². The summed E-state index contributed by atoms with van der Waals surface area (Å²) in [6.07, 6.45) is 4.31. The Kier molecular flexibility index (Phi) is 6.01. The van der Waals surface area contributed by atoms with Crippen molar-refractivity contribution in [2.45, 2.75) is 6.92 Å². The van der Waals surface area contributed by atoms with Crippen LogP contribution in [0.2, 0.25) is 0 Å². The predicted octanol–water partition coefficient (Wildman–Crippen LogP) is 3.63. The van der Waals surface area contributed by atoms with Crippen molar-refractivity contribution in [2.75, 3.05) is 5.32 Å². The van der Waals surface area contributed by atoms with Crippen molar-refractivity contribution in [2.24, 2.45) is 0 Å². The van der Waals surface area contributed by atoms with Crippen LogP contribution in [0.1, 0.15) is 22.8 Å². The molecule has 2 aromatic rings. The van der Waals surface area contributed by atoms with Crippen LogP contribution in [0.25, 0.3) is 6.08 Å². The number of hydrogen-bond acceptors (Lipinski definition) is 4. The molecule has 0 spiro atoms. The molecule has 0 radical (unpaired) electrons. The van der Waals surface area contributed by atoms with Crippen LogP contribution < -0.4 is 10.1 Å². The third-order valence-corrected chi connectivity index (χ3v) is 3.17. The van der Waals surface area contributed by atoms with E-state index in [0.717, 1.165) is 11.6 Å². The molecule has 0 aliphatic carbocycles. The van der Waals surface area contributed by atoms with Gasteiger partial charge in [-0.1, -0.05) is 24.8 Å². The molecule has 0 unspecified atom stereocenters. The van der Waals surface area contributed by atoms with E-state index in [4.69, 9.17) is 4.74 Å². The summed E-state index contributed by atoms with van der Waals surface area (Å²) < 4.78 is 5.29. The SMILES string of the molecule is C=CC(=O)Nc1ccc(C(=O)Oc2ccc(/C=C\C(C)=O)cc2)cc1. The Hall–Kier alpha value is -3.47. The molecule has 1 amide bonds. The maximum Gasteiger partial charge on any atom is 0.343 e. The molecule has 2 rings (SSSR count). The van der Waals surface area contributed by atoms with E-state index in [2.05, 4.69) is 11.9 Å². The largest absolute Gasteiger partial charge is 0.423 e. The van der Waals surface area contributed by atoms with E-state index in [-0.39, 0.29) is 11.7 Å². The topological polar surface area (TPSA) is 72.5 Å². The molecule has 2 aromatic carbocycles. The first kappa shape index (κ1) is 17.9. The fourth-order valence-corrected chi connectivity index (χ4v) is 1.91. The molecule has 0 aliphatic heterocycles. The number of rotatable bonds is 6. The van der Waals surface area contributed by atoms with Crippen molar-refractivity contribution < 1.29 is 19.1 Å². The molecule has 25 heavy (non-hydrogen) atoms. The highest BCUT2D eigenvalue weighted by atomic mass is 16.5. The number of hydrogen-bond donors (Lipinski definition) is 1. The molecule has 0 heterocycles. The monoisotopic (exact) mass is 335 g/mol. The van der Waals surface area contributed by atoms with Gasteiger partial charge in [-0.3, -0.25) is 9.59 Å². The standard InChI is InChI=1S/C20H17NO4/c1-3-19(23)21-17-10-8-16(9-11-17)20(24)25-18-12-6-15(7-13-18)5-4-14(2)22/h3-13H,1H2,2H3,(H,21,23)/b5-4-. The van der Waals surface area contributed by atoms with Gasteiger partial charge < -0.3 is 10.1 Å². The second-order valence-corrected chi connectivity index (χ2v) is 5.17. The lowest BCUT2D eigenvalue weighted by Gasteiger charge is -2.06. The van der Waals surface area contributed by atoms with Crippen molar-refractivity contribution in [1.82, 2.24) is 0 Å². The lowest BCUT2D eigenvalue weighted by Crippen LogP contribution is -2.10. The van der Waals surface area contributed by atoms with Crippen molar-refractivity contribution in [3.63, 3.8) is 0 Å². The molecule has 0 aromatic heterocycles. The Balaban J connectivity index is 2.00. The van der Waals surface area contributed by atoms with Crippen molar-refractivity contribution in [3.8, 4) is 5.75 Å². The number of benzene rings is 2. The number of amides is 1. The Labute approximate surface area is 145 Å². The van der Waals surface area contributed by atoms with Gasteiger partial charge in [-0.2, -0.15) is 0 Å². The molecular formula is C20H17NO4. The third-order valence-electron chi connectivity index (χ3n) is 3.17. The zero-order chi connectivity index (χ0) is 18.2. The minimum absolute atomic E-state index is 0.0387. The van der Waals surface area contributed by atoms with Gasteiger partial charge in [0, 0.05) is 5.69 Å². The lowest BCUT2D eigenvalue weighted by molar-refractivity contribution is -0.113. The lowest BCUT2D eigenvalue weighted by atomic mass is 10.2. The van der Waals surface area contributed by atoms with Gasteiger partial charge in [-0.15, -0.1) is 0 Å². The van der Waals surface area contributed by atoms with Crippen molar-refractivity contribution in [1.29, 1.82) is 0 Å². The van der Waals surface area contributed by atoms with Crippen LogP contribution >= 0.6 is 0 Å². The highest BCUT2D eigenvalue weighted by Gasteiger charge is 2.09. The summed E-state index contributed by atoms with van der Waals surface area (Å²) >= 11 is 0. The number of esters is 1. The first-order valence-electron chi connectivity index (χ1n) is 7.52. The minimum Gasteiger partial charge on any atom is -0.423 e. The number of carbonyl (C=O) groups is 3. The van der Waals surface area contributed by atoms with Crippen LogP contribution in [-0.4, -0.2) is 17.7 Å². The van der Waals surface area contributed by atoms with E-state index in [1.165, 1.54) is 13.0 Å². The molecule has 0 fully saturated rings. The quantitative estimate of drug-likeness (QED) is 0.497. The number of ether oxygens (including phenoxy) is 1. The zero-order valence-electron chi connectivity index (χ0n) is 13.7. The molecule has 0 aliphatic rings. The first-order valence-corrected chi connectivity index (χ1v) is 7.52. The normalized spacial score (nSPS) is 10.3. The Morgan fingerprint density at radius 3 is 2.20 bits per heavy atom. The minimum atomic E-state index is -0.506. The summed E-state index contributed by atoms with van der Waals surface area (Å²) in [6, 6.07) is 13.1. The molecule has 0 saturated heterocycles. The Morgan fingerprint density at radius 1 is 1.00 bits per heavy atom. The summed E-state index contributed by atoms with van der Waals surface area (Å²) in [5.74, 6) is -0.472. The van der Waals surface area contributed by atoms with Crippen LogP contribution in [0.5, 0.6) is 5.75 Å². The van der Waals surface area contributed by atoms with Gasteiger partial charge in [0.1, 0.15) is 5.75 Å². The molecule has 0 saturated carbocycles. The fraction of sp³-hybridized carbons (Fsp3) is 0.0500. The smallest absolute Gasteiger partial charge is 0.343 e. The van der Waals surface area contributed by atoms with Gasteiger partial charge in [0.2, 0.25) is 5.91 Å². The van der Waals surface area contributed by atoms with Gasteiger partial charge in [0.15, 0.2) is 5.78 Å². The number of allylic oxidation sites excluding steroid dienone is 1. The van der Waals surface area contributed by atoms with Gasteiger partial charge in [-0.05, 0) is 61.0 Å². The van der Waals surface area contributed by atoms with E-state index < -0.39 is 5.97 Å². The van der Waals surface area contributed by atoms with E-state index in [9.17, 15) is 14.4 Å². The molecule has 0 atom stereocenters. The Morgan fingerprint density at radius 2 is 1.64 bits per heavy atom. The second-order valence-electron chi connectivity index (χ2n) is 5.17. The second kappa shape index (κ2) is 8.40. The van der Waals surface area contributed by atoms with Crippen LogP contribution in [0.15, 0.2) is 67.3 Å². The maximum absolute atomic E-state index is 12.1. The number of carbonyl (C=O) groups excluding carboxylic acids is 3. The van der Waals surface area contributed by atoms with Crippen molar-refractivity contribution in [3.05, 3.63) is 78.4 Å². The van der Waals surface area contributed by atoms with Crippen molar-refractivity contribution >= 4 is 29.4 Å². The molecule has 1 N–H and O–H groups in total. The average molecular weight is 335 g/mol. The van der Waals surface area contributed by atoms with Crippen LogP contribution in [0, 0.1) is 0 Å². The molecule has 5 heteroatoms. The zero-order valence-corrected chi connectivity index (χ0v) is 13.7. The number of nitrogens with one attached hydrogen (secondary N) is 1.